The minimum absolute atomic E-state index is 0. The SMILES string of the molecule is CC(C)(C)c1cc(Oc2[c-]c3c(cc2)c2ccccc2n3-c2cc(C(C)(C)C)ccn2)[c-]c([N+]23[CH-][N@+]2(c2cccc(C(C)(C)C)c2)c2ccc(C(C)(C)C)cc23)c1.[Pt]. The minimum atomic E-state index is -0.136. The van der Waals surface area contributed by atoms with E-state index in [0.717, 1.165) is 33.3 Å². The van der Waals surface area contributed by atoms with Crippen LogP contribution in [0.15, 0.2) is 109 Å². The Hall–Kier alpha value is -4.54. The number of hydrogen-bond acceptors (Lipinski definition) is 2. The van der Waals surface area contributed by atoms with Crippen LogP contribution in [0.5, 0.6) is 11.5 Å². The Morgan fingerprint density at radius 3 is 1.93 bits per heavy atom. The quantitative estimate of drug-likeness (QED) is 0.0977. The smallest absolute Gasteiger partial charge is 0.225 e. The summed E-state index contributed by atoms with van der Waals surface area (Å²) in [5.41, 5.74) is 11.9. The monoisotopic (exact) mass is 946 g/mol. The summed E-state index contributed by atoms with van der Waals surface area (Å²) in [6.07, 6.45) is 1.92. The molecule has 0 aliphatic carbocycles. The van der Waals surface area contributed by atoms with Crippen LogP contribution >= 0.6 is 0 Å². The predicted octanol–water partition coefficient (Wildman–Crippen LogP) is 14.1. The van der Waals surface area contributed by atoms with E-state index in [1.807, 2.05) is 12.3 Å². The van der Waals surface area contributed by atoms with E-state index >= 15 is 0 Å². The molecule has 2 atom stereocenters. The fourth-order valence-electron chi connectivity index (χ4n) is 8.62. The first-order valence-electron chi connectivity index (χ1n) is 20.3. The number of ether oxygens (including phenoxy) is 1. The molecule has 5 nitrogen and oxygen atoms in total. The van der Waals surface area contributed by atoms with E-state index < -0.39 is 0 Å². The molecule has 4 heterocycles. The molecule has 58 heavy (non-hydrogen) atoms. The van der Waals surface area contributed by atoms with E-state index in [2.05, 4.69) is 204 Å². The molecule has 6 heteroatoms. The number of fused-ring (bicyclic) bond motifs is 7. The van der Waals surface area contributed by atoms with E-state index in [-0.39, 0.29) is 42.7 Å². The number of quaternary nitrogens is 2. The van der Waals surface area contributed by atoms with Crippen molar-refractivity contribution < 1.29 is 25.8 Å². The Bertz CT molecular complexity index is 2750. The van der Waals surface area contributed by atoms with Crippen molar-refractivity contribution in [1.82, 2.24) is 18.7 Å². The first kappa shape index (κ1) is 40.2. The van der Waals surface area contributed by atoms with Crippen molar-refractivity contribution in [3.8, 4) is 17.3 Å². The van der Waals surface area contributed by atoms with Gasteiger partial charge in [0.25, 0.3) is 0 Å². The zero-order chi connectivity index (χ0) is 40.5. The number of para-hydroxylation sites is 1. The molecule has 9 rings (SSSR count). The Morgan fingerprint density at radius 2 is 1.22 bits per heavy atom. The number of benzene rings is 5. The van der Waals surface area contributed by atoms with Gasteiger partial charge in [0.05, 0.1) is 5.69 Å². The third-order valence-electron chi connectivity index (χ3n) is 12.1. The second-order valence-corrected chi connectivity index (χ2v) is 20.3. The summed E-state index contributed by atoms with van der Waals surface area (Å²) in [7, 11) is 0. The minimum Gasteiger partial charge on any atom is -0.509 e. The van der Waals surface area contributed by atoms with Gasteiger partial charge in [0, 0.05) is 68.5 Å². The summed E-state index contributed by atoms with van der Waals surface area (Å²) >= 11 is 0. The fraction of sp³-hybridized carbons (Fsp3) is 0.308. The molecule has 1 unspecified atom stereocenters. The van der Waals surface area contributed by atoms with Crippen molar-refractivity contribution >= 4 is 44.6 Å². The van der Waals surface area contributed by atoms with Crippen molar-refractivity contribution in [2.75, 3.05) is 0 Å². The second kappa shape index (κ2) is 13.2. The Balaban J connectivity index is 0.00000469. The molecular weight excluding hydrogens is 892 g/mol. The Morgan fingerprint density at radius 1 is 0.552 bits per heavy atom. The molecule has 0 amide bonds. The molecule has 2 aromatic heterocycles. The fourth-order valence-corrected chi connectivity index (χ4v) is 8.62. The van der Waals surface area contributed by atoms with Crippen molar-refractivity contribution in [1.29, 1.82) is 0 Å². The van der Waals surface area contributed by atoms with Gasteiger partial charge in [0.15, 0.2) is 12.4 Å². The van der Waals surface area contributed by atoms with Crippen LogP contribution in [0.25, 0.3) is 27.6 Å². The molecule has 5 aromatic carbocycles. The van der Waals surface area contributed by atoms with Crippen LogP contribution in [0.3, 0.4) is 0 Å². The Labute approximate surface area is 359 Å². The van der Waals surface area contributed by atoms with E-state index in [4.69, 9.17) is 9.72 Å². The maximum Gasteiger partial charge on any atom is 0.225 e. The van der Waals surface area contributed by atoms with Gasteiger partial charge in [-0.3, -0.25) is 0 Å². The molecule has 1 fully saturated rings. The van der Waals surface area contributed by atoms with Crippen LogP contribution < -0.4 is 13.9 Å². The van der Waals surface area contributed by atoms with E-state index in [0.29, 0.717) is 20.7 Å². The molecule has 0 bridgehead atoms. The Kier molecular flexibility index (Phi) is 9.18. The molecule has 1 saturated heterocycles. The predicted molar refractivity (Wildman–Crippen MR) is 238 cm³/mol. The zero-order valence-electron chi connectivity index (χ0n) is 36.0. The number of pyridine rings is 1. The number of aromatic nitrogens is 2. The number of hydrogen-bond donors (Lipinski definition) is 0. The van der Waals surface area contributed by atoms with Crippen molar-refractivity contribution in [3.63, 3.8) is 0 Å². The van der Waals surface area contributed by atoms with Crippen LogP contribution in [0.2, 0.25) is 0 Å². The van der Waals surface area contributed by atoms with E-state index in [1.54, 1.807) is 0 Å². The molecule has 0 spiro atoms. The topological polar surface area (TPSA) is 27.1 Å². The summed E-state index contributed by atoms with van der Waals surface area (Å²) in [6, 6.07) is 45.3. The van der Waals surface area contributed by atoms with Crippen molar-refractivity contribution in [2.45, 2.75) is 105 Å². The van der Waals surface area contributed by atoms with Gasteiger partial charge in [0.1, 0.15) is 5.82 Å². The molecule has 2 aliphatic heterocycles. The van der Waals surface area contributed by atoms with Gasteiger partial charge in [-0.05, 0) is 61.9 Å². The van der Waals surface area contributed by atoms with Crippen molar-refractivity contribution in [3.05, 3.63) is 150 Å². The largest absolute Gasteiger partial charge is 0.509 e. The van der Waals surface area contributed by atoms with Crippen molar-refractivity contribution in [2.24, 2.45) is 0 Å². The number of nitrogens with zero attached hydrogens (tertiary/aromatic N) is 4. The van der Waals surface area contributed by atoms with Gasteiger partial charge >= 0.3 is 0 Å². The normalized spacial score (nSPS) is 19.0. The van der Waals surface area contributed by atoms with E-state index in [9.17, 15) is 0 Å². The van der Waals surface area contributed by atoms with Crippen LogP contribution in [-0.4, -0.2) is 9.55 Å². The molecule has 300 valence electrons. The average molecular weight is 947 g/mol. The summed E-state index contributed by atoms with van der Waals surface area (Å²) in [5, 5.41) is 2.27. The third kappa shape index (κ3) is 6.19. The van der Waals surface area contributed by atoms with Crippen LogP contribution in [0, 0.1) is 18.8 Å². The first-order chi connectivity index (χ1) is 26.7. The molecule has 0 N–H and O–H groups in total. The summed E-state index contributed by atoms with van der Waals surface area (Å²) < 4.78 is 10.3. The standard InChI is InChI=1S/C52H55N4O.Pt/c1-49(2,3)34-16-15-17-38(26-34)55-33-56(55,47-29-35(50(4,5)6)20-23-46(47)55)39-27-37(52(10,11)12)28-41(31-39)57-40-21-22-43-42-18-13-14-19-44(42)54(45(43)32-40)48-30-36(24-25-53-48)51(7,8)9;/h13-30,33H,1-12H3;/q-1;/t55-,56?;/m0./s1. The summed E-state index contributed by atoms with van der Waals surface area (Å²) in [6.45, 7) is 29.7. The van der Waals surface area contributed by atoms with Gasteiger partial charge in [-0.2, -0.15) is 10.7 Å². The molecule has 0 saturated carbocycles. The van der Waals surface area contributed by atoms with E-state index in [1.165, 1.54) is 39.3 Å². The van der Waals surface area contributed by atoms with Gasteiger partial charge < -0.3 is 9.30 Å². The van der Waals surface area contributed by atoms with Gasteiger partial charge in [-0.25, -0.2) is 9.58 Å². The average Bonchev–Trinajstić information content (AvgIpc) is 3.64. The van der Waals surface area contributed by atoms with Gasteiger partial charge in [-0.1, -0.05) is 131 Å². The second-order valence-electron chi connectivity index (χ2n) is 20.3. The summed E-state index contributed by atoms with van der Waals surface area (Å²) in [4.78, 5) is 4.89. The van der Waals surface area contributed by atoms with Crippen LogP contribution in [0.1, 0.15) is 105 Å². The molecular formula is C52H55N4OPt-. The molecule has 0 radical (unpaired) electrons. The van der Waals surface area contributed by atoms with Crippen LogP contribution in [0.4, 0.5) is 22.7 Å². The number of rotatable bonds is 5. The van der Waals surface area contributed by atoms with Gasteiger partial charge in [0.2, 0.25) is 11.4 Å². The third-order valence-corrected chi connectivity index (χ3v) is 12.1. The van der Waals surface area contributed by atoms with Crippen LogP contribution in [-0.2, 0) is 42.7 Å². The first-order valence-corrected chi connectivity index (χ1v) is 20.3. The maximum absolute atomic E-state index is 6.90. The summed E-state index contributed by atoms with van der Waals surface area (Å²) in [5.74, 6) is 2.19. The maximum atomic E-state index is 6.90. The van der Waals surface area contributed by atoms with Gasteiger partial charge in [-0.15, -0.1) is 35.2 Å². The molecule has 2 aliphatic rings. The zero-order valence-corrected chi connectivity index (χ0v) is 38.3. The molecule has 7 aromatic rings.